The first-order valence-electron chi connectivity index (χ1n) is 8.07. The second-order valence-corrected chi connectivity index (χ2v) is 6.73. The molecule has 0 saturated heterocycles. The lowest BCUT2D eigenvalue weighted by Crippen LogP contribution is -2.16. The van der Waals surface area contributed by atoms with E-state index < -0.39 is 23.9 Å². The number of ketones is 1. The highest BCUT2D eigenvalue weighted by Crippen LogP contribution is 2.34. The van der Waals surface area contributed by atoms with Gasteiger partial charge in [-0.3, -0.25) is 14.3 Å². The highest BCUT2D eigenvalue weighted by molar-refractivity contribution is 7.18. The molecule has 2 heterocycles. The molecule has 0 aliphatic rings. The molecule has 0 saturated carbocycles. The molecule has 1 unspecified atom stereocenters. The van der Waals surface area contributed by atoms with Crippen LogP contribution in [0.1, 0.15) is 62.8 Å². The number of carbonyl (C=O) groups is 4. The minimum absolute atomic E-state index is 0.119. The number of thiophene rings is 1. The summed E-state index contributed by atoms with van der Waals surface area (Å²) < 4.78 is 6.16. The fourth-order valence-corrected chi connectivity index (χ4v) is 3.43. The molecule has 1 atom stereocenters. The third-order valence-electron chi connectivity index (χ3n) is 3.79. The molecule has 0 aliphatic carbocycles. The summed E-state index contributed by atoms with van der Waals surface area (Å²) in [5.41, 5.74) is 0.691. The number of anilines is 1. The van der Waals surface area contributed by atoms with Crippen molar-refractivity contribution in [3.8, 4) is 0 Å². The van der Waals surface area contributed by atoms with Gasteiger partial charge in [-0.15, -0.1) is 11.3 Å². The predicted octanol–water partition coefficient (Wildman–Crippen LogP) is 2.53. The number of hydrogen-bond acceptors (Lipinski definition) is 7. The number of amides is 1. The van der Waals surface area contributed by atoms with Crippen LogP contribution in [0, 0.1) is 6.92 Å². The first-order valence-corrected chi connectivity index (χ1v) is 8.88. The number of Topliss-reactive ketones (excluding diaryl/α,β-unsaturated/α-hetero) is 1. The van der Waals surface area contributed by atoms with E-state index in [1.54, 1.807) is 13.8 Å². The van der Waals surface area contributed by atoms with Gasteiger partial charge in [-0.1, -0.05) is 0 Å². The number of aliphatic carboxylic acids is 1. The maximum absolute atomic E-state index is 12.5. The molecule has 0 aromatic carbocycles. The average molecular weight is 393 g/mol. The van der Waals surface area contributed by atoms with Crippen LogP contribution >= 0.6 is 11.3 Å². The lowest BCUT2D eigenvalue weighted by atomic mass is 10.1. The highest BCUT2D eigenvalue weighted by atomic mass is 32.1. The van der Waals surface area contributed by atoms with Gasteiger partial charge in [0.15, 0.2) is 5.78 Å². The number of carbonyl (C=O) groups excluding carboxylic acids is 3. The molecule has 2 aromatic heterocycles. The molecule has 9 nitrogen and oxygen atoms in total. The van der Waals surface area contributed by atoms with Crippen LogP contribution in [0.25, 0.3) is 0 Å². The number of hydrogen-bond donors (Lipinski definition) is 2. The van der Waals surface area contributed by atoms with Crippen LogP contribution in [0.2, 0.25) is 0 Å². The summed E-state index contributed by atoms with van der Waals surface area (Å²) in [6.07, 6.45) is 2.52. The molecular formula is C17H19N3O6S. The van der Waals surface area contributed by atoms with Crippen molar-refractivity contribution in [2.45, 2.75) is 33.7 Å². The summed E-state index contributed by atoms with van der Waals surface area (Å²) >= 11 is 0.986. The van der Waals surface area contributed by atoms with Gasteiger partial charge in [-0.05, 0) is 33.3 Å². The lowest BCUT2D eigenvalue weighted by molar-refractivity contribution is -0.140. The zero-order valence-electron chi connectivity index (χ0n) is 15.2. The van der Waals surface area contributed by atoms with E-state index in [0.717, 1.165) is 16.0 Å². The summed E-state index contributed by atoms with van der Waals surface area (Å²) in [6.45, 7) is 6.22. The summed E-state index contributed by atoms with van der Waals surface area (Å²) in [4.78, 5) is 47.9. The van der Waals surface area contributed by atoms with E-state index in [1.807, 2.05) is 0 Å². The number of ether oxygens (including phenoxy) is 1. The van der Waals surface area contributed by atoms with Crippen LogP contribution < -0.4 is 5.32 Å². The Hall–Kier alpha value is -3.01. The van der Waals surface area contributed by atoms with E-state index in [9.17, 15) is 19.2 Å². The van der Waals surface area contributed by atoms with Crippen LogP contribution in [0.4, 0.5) is 5.00 Å². The van der Waals surface area contributed by atoms with Crippen LogP contribution in [0.3, 0.4) is 0 Å². The molecule has 2 aromatic rings. The van der Waals surface area contributed by atoms with E-state index in [1.165, 1.54) is 26.2 Å². The van der Waals surface area contributed by atoms with E-state index >= 15 is 0 Å². The lowest BCUT2D eigenvalue weighted by Gasteiger charge is -2.07. The first-order chi connectivity index (χ1) is 12.7. The Labute approximate surface area is 158 Å². The third kappa shape index (κ3) is 4.22. The van der Waals surface area contributed by atoms with E-state index in [-0.39, 0.29) is 28.5 Å². The first kappa shape index (κ1) is 20.3. The minimum Gasteiger partial charge on any atom is -0.480 e. The number of carboxylic acids is 1. The number of carboxylic acid groups (broad SMARTS) is 1. The smallest absolute Gasteiger partial charge is 0.341 e. The minimum atomic E-state index is -1.09. The van der Waals surface area contributed by atoms with Crippen LogP contribution in [0.15, 0.2) is 12.4 Å². The second-order valence-electron chi connectivity index (χ2n) is 5.71. The topological polar surface area (TPSA) is 128 Å². The molecule has 2 rings (SSSR count). The van der Waals surface area contributed by atoms with Crippen molar-refractivity contribution >= 4 is 40.0 Å². The van der Waals surface area contributed by atoms with Crippen LogP contribution in [-0.4, -0.2) is 45.1 Å². The standard InChI is InChI=1S/C17H19N3O6S/c1-5-26-17(25)12-8(2)13(10(4)21)27-15(12)19-14(22)11-6-18-20(7-11)9(3)16(23)24/h6-7,9H,5H2,1-4H3,(H,19,22)(H,23,24). The molecule has 1 amide bonds. The summed E-state index contributed by atoms with van der Waals surface area (Å²) in [5.74, 6) is -2.54. The van der Waals surface area contributed by atoms with Gasteiger partial charge in [-0.2, -0.15) is 5.10 Å². The Morgan fingerprint density at radius 2 is 2.04 bits per heavy atom. The molecule has 10 heteroatoms. The van der Waals surface area contributed by atoms with Gasteiger partial charge in [0.05, 0.1) is 28.8 Å². The maximum atomic E-state index is 12.5. The number of rotatable bonds is 7. The molecule has 0 spiro atoms. The molecular weight excluding hydrogens is 374 g/mol. The number of nitrogens with zero attached hydrogens (tertiary/aromatic N) is 2. The van der Waals surface area contributed by atoms with Crippen molar-refractivity contribution in [1.29, 1.82) is 0 Å². The van der Waals surface area contributed by atoms with Gasteiger partial charge >= 0.3 is 11.9 Å². The Balaban J connectivity index is 2.34. The third-order valence-corrected chi connectivity index (χ3v) is 5.10. The Kier molecular flexibility index (Phi) is 6.11. The average Bonchev–Trinajstić information content (AvgIpc) is 3.19. The number of esters is 1. The SMILES string of the molecule is CCOC(=O)c1c(NC(=O)c2cnn(C(C)C(=O)O)c2)sc(C(C)=O)c1C. The molecule has 27 heavy (non-hydrogen) atoms. The van der Waals surface area contributed by atoms with E-state index in [0.29, 0.717) is 10.4 Å². The molecule has 2 N–H and O–H groups in total. The van der Waals surface area contributed by atoms with Gasteiger partial charge in [-0.25, -0.2) is 9.59 Å². The van der Waals surface area contributed by atoms with Gasteiger partial charge in [0.1, 0.15) is 11.0 Å². The monoisotopic (exact) mass is 393 g/mol. The van der Waals surface area contributed by atoms with E-state index in [2.05, 4.69) is 10.4 Å². The maximum Gasteiger partial charge on any atom is 0.341 e. The van der Waals surface area contributed by atoms with Crippen LogP contribution in [-0.2, 0) is 9.53 Å². The number of aromatic nitrogens is 2. The number of nitrogens with one attached hydrogen (secondary N) is 1. The van der Waals surface area contributed by atoms with Gasteiger partial charge in [0, 0.05) is 6.20 Å². The summed E-state index contributed by atoms with van der Waals surface area (Å²) in [6, 6.07) is -0.935. The summed E-state index contributed by atoms with van der Waals surface area (Å²) in [5, 5.41) is 15.7. The van der Waals surface area contributed by atoms with Crippen molar-refractivity contribution in [3.05, 3.63) is 34.0 Å². The normalized spacial score (nSPS) is 11.7. The fourth-order valence-electron chi connectivity index (χ4n) is 2.34. The molecule has 0 radical (unpaired) electrons. The second kappa shape index (κ2) is 8.12. The summed E-state index contributed by atoms with van der Waals surface area (Å²) in [7, 11) is 0. The Morgan fingerprint density at radius 3 is 2.59 bits per heavy atom. The van der Waals surface area contributed by atoms with Crippen molar-refractivity contribution in [2.24, 2.45) is 0 Å². The van der Waals surface area contributed by atoms with Crippen LogP contribution in [0.5, 0.6) is 0 Å². The Bertz CT molecular complexity index is 914. The Morgan fingerprint density at radius 1 is 1.37 bits per heavy atom. The van der Waals surface area contributed by atoms with Gasteiger partial charge < -0.3 is 15.2 Å². The quantitative estimate of drug-likeness (QED) is 0.546. The van der Waals surface area contributed by atoms with Crippen molar-refractivity contribution in [3.63, 3.8) is 0 Å². The predicted molar refractivity (Wildman–Crippen MR) is 97.5 cm³/mol. The zero-order valence-corrected chi connectivity index (χ0v) is 16.0. The largest absolute Gasteiger partial charge is 0.480 e. The van der Waals surface area contributed by atoms with E-state index in [4.69, 9.17) is 9.84 Å². The highest BCUT2D eigenvalue weighted by Gasteiger charge is 2.26. The molecule has 0 aliphatic heterocycles. The molecule has 0 fully saturated rings. The fraction of sp³-hybridized carbons (Fsp3) is 0.353. The van der Waals surface area contributed by atoms with Gasteiger partial charge in [0.25, 0.3) is 5.91 Å². The van der Waals surface area contributed by atoms with Crippen molar-refractivity contribution in [1.82, 2.24) is 9.78 Å². The van der Waals surface area contributed by atoms with Crippen molar-refractivity contribution < 1.29 is 29.0 Å². The van der Waals surface area contributed by atoms with Gasteiger partial charge in [0.2, 0.25) is 0 Å². The molecule has 144 valence electrons. The molecule has 0 bridgehead atoms. The zero-order chi connectivity index (χ0) is 20.3. The van der Waals surface area contributed by atoms with Crippen molar-refractivity contribution in [2.75, 3.05) is 11.9 Å².